The maximum absolute atomic E-state index is 12.8. The van der Waals surface area contributed by atoms with Gasteiger partial charge in [-0.3, -0.25) is 14.4 Å². The van der Waals surface area contributed by atoms with E-state index in [9.17, 15) is 14.4 Å². The SMILES string of the molecule is CC\C=C/C=C\C=C/C=C\C=C\C=C/CCCCCC(=O)OC(COC(=O)CCCCCCC\C=C/C=C\C=C/C=C\CC)COC(=O)CCCCCCCCC/C=C\CCCCCCCCCC. The number of ether oxygens (including phenoxy) is 3. The van der Waals surface area contributed by atoms with E-state index in [1.165, 1.54) is 89.9 Å². The molecule has 0 saturated carbocycles. The molecular weight excluding hydrogens is 853 g/mol. The third kappa shape index (κ3) is 54.4. The number of hydrogen-bond acceptors (Lipinski definition) is 6. The fourth-order valence-corrected chi connectivity index (χ4v) is 7.24. The van der Waals surface area contributed by atoms with Gasteiger partial charge in [0, 0.05) is 19.3 Å². The monoisotopic (exact) mass is 953 g/mol. The number of carbonyl (C=O) groups is 3. The highest BCUT2D eigenvalue weighted by molar-refractivity contribution is 5.71. The van der Waals surface area contributed by atoms with Crippen molar-refractivity contribution in [1.29, 1.82) is 0 Å². The first-order valence-corrected chi connectivity index (χ1v) is 27.8. The predicted molar refractivity (Wildman–Crippen MR) is 297 cm³/mol. The highest BCUT2D eigenvalue weighted by Crippen LogP contribution is 2.14. The van der Waals surface area contributed by atoms with Gasteiger partial charge in [0.1, 0.15) is 13.2 Å². The second-order valence-corrected chi connectivity index (χ2v) is 18.0. The van der Waals surface area contributed by atoms with Gasteiger partial charge in [0.05, 0.1) is 0 Å². The van der Waals surface area contributed by atoms with Crippen LogP contribution in [-0.4, -0.2) is 37.2 Å². The number of carbonyl (C=O) groups excluding carboxylic acids is 3. The van der Waals surface area contributed by atoms with E-state index in [1.807, 2.05) is 85.1 Å². The van der Waals surface area contributed by atoms with Gasteiger partial charge in [-0.15, -0.1) is 0 Å². The molecule has 0 aliphatic rings. The van der Waals surface area contributed by atoms with Crippen LogP contribution in [0.2, 0.25) is 0 Å². The number of hydrogen-bond donors (Lipinski definition) is 0. The minimum absolute atomic E-state index is 0.111. The van der Waals surface area contributed by atoms with Gasteiger partial charge in [-0.25, -0.2) is 0 Å². The van der Waals surface area contributed by atoms with Crippen molar-refractivity contribution >= 4 is 17.9 Å². The summed E-state index contributed by atoms with van der Waals surface area (Å²) in [5.74, 6) is -0.988. The molecule has 1 atom stereocenters. The van der Waals surface area contributed by atoms with Crippen molar-refractivity contribution < 1.29 is 28.6 Å². The largest absolute Gasteiger partial charge is 0.462 e. The fourth-order valence-electron chi connectivity index (χ4n) is 7.24. The Morgan fingerprint density at radius 3 is 0.942 bits per heavy atom. The maximum Gasteiger partial charge on any atom is 0.306 e. The molecular formula is C63H100O6. The van der Waals surface area contributed by atoms with Gasteiger partial charge < -0.3 is 14.2 Å². The quantitative estimate of drug-likeness (QED) is 0.0199. The summed E-state index contributed by atoms with van der Waals surface area (Å²) in [5, 5.41) is 0. The highest BCUT2D eigenvalue weighted by Gasteiger charge is 2.19. The third-order valence-electron chi connectivity index (χ3n) is 11.4. The molecule has 6 heteroatoms. The molecule has 0 aromatic heterocycles. The van der Waals surface area contributed by atoms with Crippen LogP contribution in [0.15, 0.2) is 134 Å². The minimum atomic E-state index is -0.819. The molecule has 0 heterocycles. The van der Waals surface area contributed by atoms with Crippen molar-refractivity contribution in [1.82, 2.24) is 0 Å². The van der Waals surface area contributed by atoms with Crippen molar-refractivity contribution in [3.05, 3.63) is 134 Å². The van der Waals surface area contributed by atoms with Gasteiger partial charge in [0.2, 0.25) is 0 Å². The smallest absolute Gasteiger partial charge is 0.306 e. The molecule has 0 aliphatic carbocycles. The molecule has 1 unspecified atom stereocenters. The Morgan fingerprint density at radius 2 is 0.580 bits per heavy atom. The van der Waals surface area contributed by atoms with E-state index in [4.69, 9.17) is 14.2 Å². The van der Waals surface area contributed by atoms with Gasteiger partial charge in [0.25, 0.3) is 0 Å². The first kappa shape index (κ1) is 64.5. The second-order valence-electron chi connectivity index (χ2n) is 18.0. The lowest BCUT2D eigenvalue weighted by Gasteiger charge is -2.18. The molecule has 0 N–H and O–H groups in total. The van der Waals surface area contributed by atoms with Crippen LogP contribution in [0.25, 0.3) is 0 Å². The third-order valence-corrected chi connectivity index (χ3v) is 11.4. The number of rotatable bonds is 48. The molecule has 388 valence electrons. The molecule has 0 amide bonds. The lowest BCUT2D eigenvalue weighted by molar-refractivity contribution is -0.167. The Labute approximate surface area is 424 Å². The summed E-state index contributed by atoms with van der Waals surface area (Å²) in [6.45, 7) is 6.29. The van der Waals surface area contributed by atoms with E-state index < -0.39 is 6.10 Å². The molecule has 6 nitrogen and oxygen atoms in total. The summed E-state index contributed by atoms with van der Waals surface area (Å²) < 4.78 is 16.8. The predicted octanol–water partition coefficient (Wildman–Crippen LogP) is 18.6. The van der Waals surface area contributed by atoms with Crippen LogP contribution >= 0.6 is 0 Å². The summed E-state index contributed by atoms with van der Waals surface area (Å²) in [4.78, 5) is 38.1. The topological polar surface area (TPSA) is 78.9 Å². The van der Waals surface area contributed by atoms with E-state index in [0.717, 1.165) is 89.9 Å². The Morgan fingerprint density at radius 1 is 0.304 bits per heavy atom. The van der Waals surface area contributed by atoms with E-state index >= 15 is 0 Å². The molecule has 0 spiro atoms. The zero-order valence-electron chi connectivity index (χ0n) is 44.3. The average Bonchev–Trinajstić information content (AvgIpc) is 3.35. The van der Waals surface area contributed by atoms with Crippen LogP contribution in [0, 0.1) is 0 Å². The van der Waals surface area contributed by atoms with Crippen LogP contribution in [-0.2, 0) is 28.6 Å². The van der Waals surface area contributed by atoms with Gasteiger partial charge in [-0.05, 0) is 83.5 Å². The fraction of sp³-hybridized carbons (Fsp3) is 0.603. The van der Waals surface area contributed by atoms with E-state index in [-0.39, 0.29) is 37.5 Å². The van der Waals surface area contributed by atoms with Gasteiger partial charge >= 0.3 is 17.9 Å². The molecule has 0 aromatic carbocycles. The molecule has 0 saturated heterocycles. The normalized spacial score (nSPS) is 13.1. The van der Waals surface area contributed by atoms with E-state index in [2.05, 4.69) is 69.4 Å². The zero-order valence-corrected chi connectivity index (χ0v) is 44.3. The van der Waals surface area contributed by atoms with Crippen LogP contribution in [0.3, 0.4) is 0 Å². The van der Waals surface area contributed by atoms with Crippen molar-refractivity contribution in [3.8, 4) is 0 Å². The molecule has 0 rings (SSSR count). The lowest BCUT2D eigenvalue weighted by Crippen LogP contribution is -2.30. The van der Waals surface area contributed by atoms with Crippen LogP contribution in [0.1, 0.15) is 226 Å². The highest BCUT2D eigenvalue weighted by atomic mass is 16.6. The van der Waals surface area contributed by atoms with Crippen molar-refractivity contribution in [2.75, 3.05) is 13.2 Å². The average molecular weight is 953 g/mol. The molecule has 0 aromatic rings. The maximum atomic E-state index is 12.8. The number of unbranched alkanes of at least 4 members (excludes halogenated alkanes) is 23. The van der Waals surface area contributed by atoms with E-state index in [1.54, 1.807) is 0 Å². The lowest BCUT2D eigenvalue weighted by atomic mass is 10.1. The summed E-state index contributed by atoms with van der Waals surface area (Å²) >= 11 is 0. The van der Waals surface area contributed by atoms with Crippen molar-refractivity contribution in [3.63, 3.8) is 0 Å². The molecule has 0 bridgehead atoms. The first-order chi connectivity index (χ1) is 34.0. The van der Waals surface area contributed by atoms with E-state index in [0.29, 0.717) is 19.3 Å². The molecule has 0 aliphatic heterocycles. The Hall–Kier alpha value is -4.45. The minimum Gasteiger partial charge on any atom is -0.462 e. The number of allylic oxidation sites excluding steroid dienone is 22. The van der Waals surface area contributed by atoms with Crippen LogP contribution in [0.4, 0.5) is 0 Å². The molecule has 0 fully saturated rings. The van der Waals surface area contributed by atoms with Crippen LogP contribution in [0.5, 0.6) is 0 Å². The second kappa shape index (κ2) is 56.1. The van der Waals surface area contributed by atoms with Crippen molar-refractivity contribution in [2.45, 2.75) is 232 Å². The summed E-state index contributed by atoms with van der Waals surface area (Å²) in [7, 11) is 0. The summed E-state index contributed by atoms with van der Waals surface area (Å²) in [6, 6.07) is 0. The molecule has 69 heavy (non-hydrogen) atoms. The van der Waals surface area contributed by atoms with Gasteiger partial charge in [-0.2, -0.15) is 0 Å². The zero-order chi connectivity index (χ0) is 50.0. The summed E-state index contributed by atoms with van der Waals surface area (Å²) in [5.41, 5.74) is 0. The Kier molecular flexibility index (Phi) is 52.5. The Bertz CT molecular complexity index is 1510. The first-order valence-electron chi connectivity index (χ1n) is 27.8. The standard InChI is InChI=1S/C63H100O6/c1-4-7-10-13-16-19-22-25-28-30-31-33-35-38-41-44-47-50-53-56-62(65)68-59-60(58-67-61(64)55-52-49-46-43-40-37-34-27-24-21-18-15-12-9-6-3)69-63(66)57-54-51-48-45-42-39-36-32-29-26-23-20-17-14-11-8-5-2/h8-9,11-12,14-15,17-18,20-21,23-24,26-27,29-32,34,36,39,42,60H,4-7,10,13,16,19,22,25,28,33,35,37-38,40-41,43-59H2,1-3H3/b11-8-,12-9-,17-14-,18-15-,23-20-,24-21-,29-26-,31-30-,34-27-,36-32+,42-39-. The van der Waals surface area contributed by atoms with Crippen LogP contribution < -0.4 is 0 Å². The Balaban J connectivity index is 4.53. The summed E-state index contributed by atoms with van der Waals surface area (Å²) in [6.07, 6.45) is 78.6. The van der Waals surface area contributed by atoms with Gasteiger partial charge in [-0.1, -0.05) is 257 Å². The molecule has 0 radical (unpaired) electrons. The number of esters is 3. The van der Waals surface area contributed by atoms with Crippen molar-refractivity contribution in [2.24, 2.45) is 0 Å². The van der Waals surface area contributed by atoms with Gasteiger partial charge in [0.15, 0.2) is 6.10 Å².